The Hall–Kier alpha value is -2.88. The van der Waals surface area contributed by atoms with Crippen molar-refractivity contribution in [2.24, 2.45) is 0 Å². The van der Waals surface area contributed by atoms with Crippen LogP contribution < -0.4 is 5.32 Å². The van der Waals surface area contributed by atoms with Crippen molar-refractivity contribution in [3.8, 4) is 0 Å². The van der Waals surface area contributed by atoms with Gasteiger partial charge in [-0.2, -0.15) is 0 Å². The van der Waals surface area contributed by atoms with Crippen molar-refractivity contribution in [3.05, 3.63) is 66.7 Å². The Morgan fingerprint density at radius 1 is 1.00 bits per heavy atom. The molecule has 0 saturated heterocycles. The van der Waals surface area contributed by atoms with E-state index in [4.69, 9.17) is 0 Å². The predicted octanol–water partition coefficient (Wildman–Crippen LogP) is 3.72. The largest absolute Gasteiger partial charge is 0.380 e. The van der Waals surface area contributed by atoms with Crippen LogP contribution in [-0.4, -0.2) is 15.0 Å². The summed E-state index contributed by atoms with van der Waals surface area (Å²) in [5.41, 5.74) is 3.26. The Morgan fingerprint density at radius 3 is 3.00 bits per heavy atom. The molecule has 0 radical (unpaired) electrons. The van der Waals surface area contributed by atoms with E-state index >= 15 is 0 Å². The van der Waals surface area contributed by atoms with Crippen molar-refractivity contribution in [1.82, 2.24) is 15.0 Å². The summed E-state index contributed by atoms with van der Waals surface area (Å²) in [4.78, 5) is 11.7. The first kappa shape index (κ1) is 11.9. The van der Waals surface area contributed by atoms with Gasteiger partial charge in [-0.1, -0.05) is 12.1 Å². The quantitative estimate of drug-likeness (QED) is 0.598. The summed E-state index contributed by atoms with van der Waals surface area (Å²) in [7, 11) is 0. The van der Waals surface area contributed by atoms with E-state index in [1.165, 1.54) is 10.9 Å². The van der Waals surface area contributed by atoms with E-state index in [2.05, 4.69) is 38.5 Å². The molecule has 102 valence electrons. The number of nitrogens with one attached hydrogen (secondary N) is 2. The van der Waals surface area contributed by atoms with Gasteiger partial charge in [0, 0.05) is 53.2 Å². The minimum Gasteiger partial charge on any atom is -0.380 e. The fraction of sp³-hybridized carbons (Fsp3) is 0.0588. The number of hydrogen-bond acceptors (Lipinski definition) is 3. The summed E-state index contributed by atoms with van der Waals surface area (Å²) in [6.45, 7) is 0.757. The van der Waals surface area contributed by atoms with Gasteiger partial charge in [0.2, 0.25) is 0 Å². The molecule has 3 aromatic heterocycles. The van der Waals surface area contributed by atoms with Crippen LogP contribution in [0.25, 0.3) is 21.8 Å². The molecular formula is C17H14N4. The minimum absolute atomic E-state index is 0.757. The van der Waals surface area contributed by atoms with Gasteiger partial charge in [0.1, 0.15) is 5.65 Å². The van der Waals surface area contributed by atoms with Crippen LogP contribution in [0.3, 0.4) is 0 Å². The van der Waals surface area contributed by atoms with Crippen LogP contribution in [0.4, 0.5) is 5.69 Å². The first-order valence-corrected chi connectivity index (χ1v) is 6.89. The molecule has 0 fully saturated rings. The lowest BCUT2D eigenvalue weighted by Gasteiger charge is -2.09. The molecule has 4 aromatic rings. The van der Waals surface area contributed by atoms with Crippen molar-refractivity contribution >= 4 is 27.5 Å². The predicted molar refractivity (Wildman–Crippen MR) is 85.2 cm³/mol. The smallest absolute Gasteiger partial charge is 0.137 e. The third-order valence-electron chi connectivity index (χ3n) is 3.69. The number of aromatic amines is 1. The van der Waals surface area contributed by atoms with Gasteiger partial charge in [0.05, 0.1) is 0 Å². The van der Waals surface area contributed by atoms with E-state index in [9.17, 15) is 0 Å². The lowest BCUT2D eigenvalue weighted by Crippen LogP contribution is -1.99. The zero-order valence-electron chi connectivity index (χ0n) is 11.4. The third kappa shape index (κ3) is 2.10. The van der Waals surface area contributed by atoms with Gasteiger partial charge in [-0.3, -0.25) is 4.98 Å². The Labute approximate surface area is 121 Å². The molecule has 0 saturated carbocycles. The van der Waals surface area contributed by atoms with Crippen molar-refractivity contribution in [3.63, 3.8) is 0 Å². The number of pyridine rings is 2. The third-order valence-corrected chi connectivity index (χ3v) is 3.69. The topological polar surface area (TPSA) is 53.6 Å². The van der Waals surface area contributed by atoms with Crippen LogP contribution in [0.1, 0.15) is 5.56 Å². The minimum atomic E-state index is 0.757. The molecule has 1 aromatic carbocycles. The highest BCUT2D eigenvalue weighted by molar-refractivity contribution is 5.93. The zero-order chi connectivity index (χ0) is 14.1. The second kappa shape index (κ2) is 4.90. The van der Waals surface area contributed by atoms with Crippen LogP contribution in [0.5, 0.6) is 0 Å². The van der Waals surface area contributed by atoms with Crippen molar-refractivity contribution in [2.45, 2.75) is 6.54 Å². The Bertz CT molecular complexity index is 905. The number of rotatable bonds is 3. The molecule has 2 N–H and O–H groups in total. The summed E-state index contributed by atoms with van der Waals surface area (Å²) < 4.78 is 0. The van der Waals surface area contributed by atoms with Crippen LogP contribution >= 0.6 is 0 Å². The van der Waals surface area contributed by atoms with Crippen molar-refractivity contribution < 1.29 is 0 Å². The standard InChI is InChI=1S/C17H14N4/c1-3-12-9-18-8-6-14(12)16(5-1)20-10-13-11-21-17-15(13)4-2-7-19-17/h1-9,11,20H,10H2,(H,19,21). The maximum atomic E-state index is 4.32. The Balaban J connectivity index is 1.67. The van der Waals surface area contributed by atoms with Gasteiger partial charge in [-0.05, 0) is 29.8 Å². The molecular weight excluding hydrogens is 260 g/mol. The van der Waals surface area contributed by atoms with Gasteiger partial charge >= 0.3 is 0 Å². The van der Waals surface area contributed by atoms with E-state index in [1.54, 1.807) is 6.20 Å². The maximum Gasteiger partial charge on any atom is 0.137 e. The summed E-state index contributed by atoms with van der Waals surface area (Å²) in [6.07, 6.45) is 7.52. The summed E-state index contributed by atoms with van der Waals surface area (Å²) in [5, 5.41) is 6.99. The van der Waals surface area contributed by atoms with E-state index in [-0.39, 0.29) is 0 Å². The number of hydrogen-bond donors (Lipinski definition) is 2. The molecule has 0 amide bonds. The van der Waals surface area contributed by atoms with Gasteiger partial charge in [-0.25, -0.2) is 4.98 Å². The van der Waals surface area contributed by atoms with E-state index in [0.29, 0.717) is 0 Å². The second-order valence-corrected chi connectivity index (χ2v) is 4.97. The number of nitrogens with zero attached hydrogens (tertiary/aromatic N) is 2. The summed E-state index contributed by atoms with van der Waals surface area (Å²) in [6, 6.07) is 12.3. The maximum absolute atomic E-state index is 4.32. The molecule has 0 unspecified atom stereocenters. The molecule has 0 aliphatic rings. The summed E-state index contributed by atoms with van der Waals surface area (Å²) >= 11 is 0. The fourth-order valence-corrected chi connectivity index (χ4v) is 2.63. The van der Waals surface area contributed by atoms with Crippen LogP contribution in [0.15, 0.2) is 61.2 Å². The fourth-order valence-electron chi connectivity index (χ4n) is 2.63. The summed E-state index contributed by atoms with van der Waals surface area (Å²) in [5.74, 6) is 0. The van der Waals surface area contributed by atoms with Crippen LogP contribution in [0.2, 0.25) is 0 Å². The van der Waals surface area contributed by atoms with Gasteiger partial charge in [0.25, 0.3) is 0 Å². The molecule has 0 aliphatic carbocycles. The molecule has 4 nitrogen and oxygen atoms in total. The molecule has 4 rings (SSSR count). The molecule has 0 aliphatic heterocycles. The van der Waals surface area contributed by atoms with E-state index in [0.717, 1.165) is 28.7 Å². The monoisotopic (exact) mass is 274 g/mol. The first-order chi connectivity index (χ1) is 10.4. The van der Waals surface area contributed by atoms with Crippen molar-refractivity contribution in [1.29, 1.82) is 0 Å². The Kier molecular flexibility index (Phi) is 2.78. The average molecular weight is 274 g/mol. The normalized spacial score (nSPS) is 11.0. The highest BCUT2D eigenvalue weighted by atomic mass is 14.9. The lowest BCUT2D eigenvalue weighted by molar-refractivity contribution is 1.17. The molecule has 0 bridgehead atoms. The SMILES string of the molecule is c1cc(NCc2c[nH]c3ncccc23)c2ccncc2c1. The molecule has 0 atom stereocenters. The molecule has 4 heteroatoms. The van der Waals surface area contributed by atoms with Gasteiger partial charge in [0.15, 0.2) is 0 Å². The number of fused-ring (bicyclic) bond motifs is 2. The Morgan fingerprint density at radius 2 is 2.00 bits per heavy atom. The average Bonchev–Trinajstić information content (AvgIpc) is 2.96. The number of benzene rings is 1. The molecule has 21 heavy (non-hydrogen) atoms. The van der Waals surface area contributed by atoms with Gasteiger partial charge in [-0.15, -0.1) is 0 Å². The number of anilines is 1. The zero-order valence-corrected chi connectivity index (χ0v) is 11.4. The van der Waals surface area contributed by atoms with Crippen LogP contribution in [0, 0.1) is 0 Å². The highest BCUT2D eigenvalue weighted by Gasteiger charge is 2.05. The molecule has 3 heterocycles. The first-order valence-electron chi connectivity index (χ1n) is 6.89. The van der Waals surface area contributed by atoms with E-state index < -0.39 is 0 Å². The number of H-pyrrole nitrogens is 1. The second-order valence-electron chi connectivity index (χ2n) is 4.97. The van der Waals surface area contributed by atoms with Gasteiger partial charge < -0.3 is 10.3 Å². The highest BCUT2D eigenvalue weighted by Crippen LogP contribution is 2.24. The lowest BCUT2D eigenvalue weighted by atomic mass is 10.1. The van der Waals surface area contributed by atoms with E-state index in [1.807, 2.05) is 36.8 Å². The molecule has 0 spiro atoms. The van der Waals surface area contributed by atoms with Crippen LogP contribution in [-0.2, 0) is 6.54 Å². The number of aromatic nitrogens is 3. The van der Waals surface area contributed by atoms with Crippen molar-refractivity contribution in [2.75, 3.05) is 5.32 Å².